The van der Waals surface area contributed by atoms with Gasteiger partial charge in [-0.3, -0.25) is 4.79 Å². The van der Waals surface area contributed by atoms with E-state index in [4.69, 9.17) is 0 Å². The second kappa shape index (κ2) is 4.42. The number of Topliss-reactive ketones (excluding diaryl/α,β-unsaturated/α-hetero) is 1. The SMILES string of the molecule is CCSc1cccc(F)c1C(C)=O. The molecule has 1 rings (SSSR count). The summed E-state index contributed by atoms with van der Waals surface area (Å²) in [5.74, 6) is 0.198. The zero-order valence-electron chi connectivity index (χ0n) is 7.63. The summed E-state index contributed by atoms with van der Waals surface area (Å²) in [4.78, 5) is 11.8. The van der Waals surface area contributed by atoms with Gasteiger partial charge in [0.2, 0.25) is 0 Å². The van der Waals surface area contributed by atoms with Crippen LogP contribution in [0.5, 0.6) is 0 Å². The summed E-state index contributed by atoms with van der Waals surface area (Å²) in [6.45, 7) is 3.36. The third-order valence-electron chi connectivity index (χ3n) is 1.63. The number of thioether (sulfide) groups is 1. The first-order chi connectivity index (χ1) is 6.16. The Morgan fingerprint density at radius 1 is 1.54 bits per heavy atom. The average Bonchev–Trinajstić information content (AvgIpc) is 2.04. The van der Waals surface area contributed by atoms with Crippen LogP contribution in [-0.2, 0) is 0 Å². The number of ketones is 1. The predicted octanol–water partition coefficient (Wildman–Crippen LogP) is 3.14. The summed E-state index contributed by atoms with van der Waals surface area (Å²) in [6.07, 6.45) is 0. The normalized spacial score (nSPS) is 10.1. The first-order valence-electron chi connectivity index (χ1n) is 4.09. The van der Waals surface area contributed by atoms with Crippen molar-refractivity contribution in [3.05, 3.63) is 29.6 Å². The molecule has 0 saturated heterocycles. The lowest BCUT2D eigenvalue weighted by atomic mass is 10.1. The largest absolute Gasteiger partial charge is 0.294 e. The molecule has 1 aromatic carbocycles. The number of carbonyl (C=O) groups is 1. The van der Waals surface area contributed by atoms with Gasteiger partial charge in [-0.05, 0) is 24.8 Å². The molecule has 0 bridgehead atoms. The summed E-state index contributed by atoms with van der Waals surface area (Å²) < 4.78 is 13.2. The maximum atomic E-state index is 13.2. The first kappa shape index (κ1) is 10.3. The highest BCUT2D eigenvalue weighted by Crippen LogP contribution is 2.24. The summed E-state index contributed by atoms with van der Waals surface area (Å²) >= 11 is 1.48. The van der Waals surface area contributed by atoms with E-state index >= 15 is 0 Å². The molecule has 0 radical (unpaired) electrons. The molecule has 0 heterocycles. The maximum absolute atomic E-state index is 13.2. The van der Waals surface area contributed by atoms with E-state index in [-0.39, 0.29) is 11.3 Å². The van der Waals surface area contributed by atoms with Crippen LogP contribution in [0.3, 0.4) is 0 Å². The number of hydrogen-bond acceptors (Lipinski definition) is 2. The van der Waals surface area contributed by atoms with Gasteiger partial charge >= 0.3 is 0 Å². The molecule has 0 spiro atoms. The highest BCUT2D eigenvalue weighted by atomic mass is 32.2. The van der Waals surface area contributed by atoms with Gasteiger partial charge in [-0.25, -0.2) is 4.39 Å². The van der Waals surface area contributed by atoms with E-state index in [1.165, 1.54) is 24.8 Å². The Hall–Kier alpha value is -0.830. The van der Waals surface area contributed by atoms with Gasteiger partial charge < -0.3 is 0 Å². The molecule has 0 saturated carbocycles. The van der Waals surface area contributed by atoms with Crippen molar-refractivity contribution in [2.75, 3.05) is 5.75 Å². The molecule has 1 aromatic rings. The molecule has 0 aliphatic carbocycles. The van der Waals surface area contributed by atoms with E-state index < -0.39 is 5.82 Å². The summed E-state index contributed by atoms with van der Waals surface area (Å²) in [7, 11) is 0. The Labute approximate surface area is 81.3 Å². The van der Waals surface area contributed by atoms with Crippen LogP contribution in [0.15, 0.2) is 23.1 Å². The maximum Gasteiger partial charge on any atom is 0.163 e. The monoisotopic (exact) mass is 198 g/mol. The van der Waals surface area contributed by atoms with E-state index in [1.807, 2.05) is 6.92 Å². The molecule has 0 N–H and O–H groups in total. The number of rotatable bonds is 3. The van der Waals surface area contributed by atoms with E-state index in [0.717, 1.165) is 10.6 Å². The lowest BCUT2D eigenvalue weighted by molar-refractivity contribution is 0.101. The quantitative estimate of drug-likeness (QED) is 0.548. The minimum Gasteiger partial charge on any atom is -0.294 e. The van der Waals surface area contributed by atoms with Crippen LogP contribution in [0, 0.1) is 5.82 Å². The minimum atomic E-state index is -0.425. The van der Waals surface area contributed by atoms with Crippen molar-refractivity contribution in [2.24, 2.45) is 0 Å². The van der Waals surface area contributed by atoms with Crippen molar-refractivity contribution in [3.8, 4) is 0 Å². The molecule has 0 aliphatic heterocycles. The molecular weight excluding hydrogens is 187 g/mol. The molecule has 0 aliphatic rings. The van der Waals surface area contributed by atoms with Crippen molar-refractivity contribution < 1.29 is 9.18 Å². The van der Waals surface area contributed by atoms with Gasteiger partial charge in [-0.1, -0.05) is 13.0 Å². The fourth-order valence-corrected chi connectivity index (χ4v) is 1.99. The number of hydrogen-bond donors (Lipinski definition) is 0. The number of halogens is 1. The summed E-state index contributed by atoms with van der Waals surface area (Å²) in [5, 5.41) is 0. The van der Waals surface area contributed by atoms with Gasteiger partial charge in [0.25, 0.3) is 0 Å². The molecule has 0 aromatic heterocycles. The van der Waals surface area contributed by atoms with Crippen LogP contribution < -0.4 is 0 Å². The van der Waals surface area contributed by atoms with Crippen molar-refractivity contribution in [2.45, 2.75) is 18.7 Å². The van der Waals surface area contributed by atoms with E-state index in [0.29, 0.717) is 0 Å². The van der Waals surface area contributed by atoms with E-state index in [2.05, 4.69) is 0 Å². The molecule has 0 atom stereocenters. The smallest absolute Gasteiger partial charge is 0.163 e. The van der Waals surface area contributed by atoms with Gasteiger partial charge in [-0.2, -0.15) is 0 Å². The molecule has 70 valence electrons. The third kappa shape index (κ3) is 2.31. The van der Waals surface area contributed by atoms with Gasteiger partial charge in [0, 0.05) is 4.90 Å². The zero-order valence-corrected chi connectivity index (χ0v) is 8.45. The van der Waals surface area contributed by atoms with Crippen LogP contribution >= 0.6 is 11.8 Å². The number of carbonyl (C=O) groups excluding carboxylic acids is 1. The second-order valence-electron chi connectivity index (χ2n) is 2.60. The van der Waals surface area contributed by atoms with Gasteiger partial charge in [0.15, 0.2) is 5.78 Å². The van der Waals surface area contributed by atoms with Crippen molar-refractivity contribution in [3.63, 3.8) is 0 Å². The van der Waals surface area contributed by atoms with Gasteiger partial charge in [0.05, 0.1) is 5.56 Å². The summed E-state index contributed by atoms with van der Waals surface area (Å²) in [6, 6.07) is 4.71. The second-order valence-corrected chi connectivity index (χ2v) is 3.91. The molecule has 0 unspecified atom stereocenters. The Balaban J connectivity index is 3.17. The lowest BCUT2D eigenvalue weighted by Gasteiger charge is -2.05. The van der Waals surface area contributed by atoms with Crippen molar-refractivity contribution in [1.29, 1.82) is 0 Å². The zero-order chi connectivity index (χ0) is 9.84. The van der Waals surface area contributed by atoms with Crippen LogP contribution in [0.2, 0.25) is 0 Å². The molecule has 0 amide bonds. The van der Waals surface area contributed by atoms with Gasteiger partial charge in [0.1, 0.15) is 5.82 Å². The average molecular weight is 198 g/mol. The molecule has 13 heavy (non-hydrogen) atoms. The van der Waals surface area contributed by atoms with E-state index in [1.54, 1.807) is 12.1 Å². The van der Waals surface area contributed by atoms with Crippen molar-refractivity contribution >= 4 is 17.5 Å². The topological polar surface area (TPSA) is 17.1 Å². The third-order valence-corrected chi connectivity index (χ3v) is 2.57. The van der Waals surface area contributed by atoms with Crippen LogP contribution in [-0.4, -0.2) is 11.5 Å². The molecule has 0 fully saturated rings. The molecular formula is C10H11FOS. The summed E-state index contributed by atoms with van der Waals surface area (Å²) in [5.41, 5.74) is 0.217. The lowest BCUT2D eigenvalue weighted by Crippen LogP contribution is -1.99. The highest BCUT2D eigenvalue weighted by molar-refractivity contribution is 7.99. The predicted molar refractivity (Wildman–Crippen MR) is 52.8 cm³/mol. The fraction of sp³-hybridized carbons (Fsp3) is 0.300. The number of benzene rings is 1. The Morgan fingerprint density at radius 2 is 2.23 bits per heavy atom. The fourth-order valence-electron chi connectivity index (χ4n) is 1.12. The van der Waals surface area contributed by atoms with Crippen LogP contribution in [0.1, 0.15) is 24.2 Å². The molecule has 3 heteroatoms. The Bertz CT molecular complexity index is 323. The van der Waals surface area contributed by atoms with Crippen molar-refractivity contribution in [1.82, 2.24) is 0 Å². The molecule has 1 nitrogen and oxygen atoms in total. The highest BCUT2D eigenvalue weighted by Gasteiger charge is 2.11. The Morgan fingerprint density at radius 3 is 2.77 bits per heavy atom. The Kier molecular flexibility index (Phi) is 3.48. The minimum absolute atomic E-state index is 0.214. The van der Waals surface area contributed by atoms with Gasteiger partial charge in [-0.15, -0.1) is 11.8 Å². The standard InChI is InChI=1S/C10H11FOS/c1-3-13-9-6-4-5-8(11)10(9)7(2)12/h4-6H,3H2,1-2H3. The van der Waals surface area contributed by atoms with E-state index in [9.17, 15) is 9.18 Å². The van der Waals surface area contributed by atoms with Crippen LogP contribution in [0.4, 0.5) is 4.39 Å². The van der Waals surface area contributed by atoms with Crippen LogP contribution in [0.25, 0.3) is 0 Å². The first-order valence-corrected chi connectivity index (χ1v) is 5.07.